The molecule has 0 saturated heterocycles. The highest BCUT2D eigenvalue weighted by Gasteiger charge is 2.19. The fraction of sp³-hybridized carbons (Fsp3) is 0.333. The zero-order valence-corrected chi connectivity index (χ0v) is 7.51. The molecule has 12 heavy (non-hydrogen) atoms. The van der Waals surface area contributed by atoms with Crippen molar-refractivity contribution in [3.8, 4) is 0 Å². The molecule has 1 radical (unpaired) electrons. The minimum absolute atomic E-state index is 0.178. The van der Waals surface area contributed by atoms with Crippen molar-refractivity contribution in [2.45, 2.75) is 13.8 Å². The first-order chi connectivity index (χ1) is 5.59. The van der Waals surface area contributed by atoms with E-state index in [1.54, 1.807) is 0 Å². The highest BCUT2D eigenvalue weighted by molar-refractivity contribution is 8.15. The molecule has 2 amide bonds. The largest absolute Gasteiger partial charge is 0.304 e. The second kappa shape index (κ2) is 3.57. The molecule has 5 nitrogen and oxygen atoms in total. The van der Waals surface area contributed by atoms with E-state index in [-0.39, 0.29) is 11.8 Å². The Labute approximate surface area is 74.2 Å². The SMILES string of the molecule is CC(=O)NC1=NN(C(C)=O)[CH]S1. The number of rotatable bonds is 0. The third-order valence-electron chi connectivity index (χ3n) is 1.07. The van der Waals surface area contributed by atoms with Crippen molar-refractivity contribution in [2.75, 3.05) is 0 Å². The fourth-order valence-electron chi connectivity index (χ4n) is 0.595. The Morgan fingerprint density at radius 2 is 2.25 bits per heavy atom. The first kappa shape index (κ1) is 9.05. The van der Waals surface area contributed by atoms with Crippen molar-refractivity contribution in [1.29, 1.82) is 0 Å². The molecule has 1 N–H and O–H groups in total. The molecule has 0 spiro atoms. The summed E-state index contributed by atoms with van der Waals surface area (Å²) >= 11 is 1.21. The average molecular weight is 186 g/mol. The van der Waals surface area contributed by atoms with Crippen LogP contribution in [0.4, 0.5) is 0 Å². The van der Waals surface area contributed by atoms with Crippen LogP contribution in [0.15, 0.2) is 5.10 Å². The second-order valence-corrected chi connectivity index (χ2v) is 3.01. The standard InChI is InChI=1S/C6H8N3O2S/c1-4(10)7-6-8-9(3-12-6)5(2)11/h3H,1-2H3,(H,7,8,10). The van der Waals surface area contributed by atoms with Crippen molar-refractivity contribution in [1.82, 2.24) is 10.3 Å². The lowest BCUT2D eigenvalue weighted by Gasteiger charge is -2.03. The first-order valence-corrected chi connectivity index (χ1v) is 4.13. The predicted molar refractivity (Wildman–Crippen MR) is 45.7 cm³/mol. The van der Waals surface area contributed by atoms with Crippen LogP contribution in [-0.2, 0) is 9.59 Å². The van der Waals surface area contributed by atoms with Crippen molar-refractivity contribution in [2.24, 2.45) is 5.10 Å². The zero-order chi connectivity index (χ0) is 9.14. The van der Waals surface area contributed by atoms with Gasteiger partial charge in [-0.3, -0.25) is 9.59 Å². The highest BCUT2D eigenvalue weighted by atomic mass is 32.2. The number of carbonyl (C=O) groups excluding carboxylic acids is 2. The van der Waals surface area contributed by atoms with Crippen LogP contribution in [0.3, 0.4) is 0 Å². The van der Waals surface area contributed by atoms with Crippen molar-refractivity contribution >= 4 is 28.7 Å². The van der Waals surface area contributed by atoms with E-state index in [9.17, 15) is 9.59 Å². The third-order valence-corrected chi connectivity index (χ3v) is 1.78. The summed E-state index contributed by atoms with van der Waals surface area (Å²) in [7, 11) is 0. The molecule has 0 saturated carbocycles. The van der Waals surface area contributed by atoms with Crippen LogP contribution in [0.1, 0.15) is 13.8 Å². The van der Waals surface area contributed by atoms with Gasteiger partial charge in [-0.2, -0.15) is 0 Å². The van der Waals surface area contributed by atoms with Gasteiger partial charge in [0, 0.05) is 13.8 Å². The molecule has 0 fully saturated rings. The Balaban J connectivity index is 2.54. The van der Waals surface area contributed by atoms with Gasteiger partial charge in [-0.1, -0.05) is 11.8 Å². The van der Waals surface area contributed by atoms with Crippen molar-refractivity contribution in [3.63, 3.8) is 0 Å². The number of amidine groups is 1. The Morgan fingerprint density at radius 3 is 2.67 bits per heavy atom. The maximum atomic E-state index is 10.7. The van der Waals surface area contributed by atoms with E-state index in [4.69, 9.17) is 0 Å². The molecular weight excluding hydrogens is 178 g/mol. The van der Waals surface area contributed by atoms with Crippen LogP contribution in [0, 0.1) is 5.88 Å². The maximum absolute atomic E-state index is 10.7. The molecule has 0 bridgehead atoms. The number of thioether (sulfide) groups is 1. The summed E-state index contributed by atoms with van der Waals surface area (Å²) in [5, 5.41) is 7.88. The van der Waals surface area contributed by atoms with Gasteiger partial charge in [-0.15, -0.1) is 5.10 Å². The summed E-state index contributed by atoms with van der Waals surface area (Å²) in [6.45, 7) is 2.79. The van der Waals surface area contributed by atoms with Gasteiger partial charge in [-0.25, -0.2) is 5.01 Å². The van der Waals surface area contributed by atoms with Gasteiger partial charge >= 0.3 is 0 Å². The van der Waals surface area contributed by atoms with E-state index < -0.39 is 0 Å². The minimum atomic E-state index is -0.194. The Kier molecular flexibility index (Phi) is 2.69. The van der Waals surface area contributed by atoms with Gasteiger partial charge in [0.1, 0.15) is 5.88 Å². The molecule has 0 unspecified atom stereocenters. The normalized spacial score (nSPS) is 15.8. The number of hydrogen-bond acceptors (Lipinski definition) is 4. The molecule has 0 atom stereocenters. The number of nitrogens with one attached hydrogen (secondary N) is 1. The summed E-state index contributed by atoms with van der Waals surface area (Å²) in [6.07, 6.45) is 0. The van der Waals surface area contributed by atoms with Crippen LogP contribution in [0.5, 0.6) is 0 Å². The summed E-state index contributed by atoms with van der Waals surface area (Å²) in [5.74, 6) is 1.16. The van der Waals surface area contributed by atoms with Crippen LogP contribution in [0.25, 0.3) is 0 Å². The topological polar surface area (TPSA) is 61.8 Å². The Bertz CT molecular complexity index is 251. The summed E-state index contributed by atoms with van der Waals surface area (Å²) in [6, 6.07) is 0. The van der Waals surface area contributed by atoms with E-state index in [1.807, 2.05) is 0 Å². The van der Waals surface area contributed by atoms with Crippen molar-refractivity contribution in [3.05, 3.63) is 5.88 Å². The maximum Gasteiger partial charge on any atom is 0.240 e. The molecule has 0 aromatic rings. The van der Waals surface area contributed by atoms with Gasteiger partial charge < -0.3 is 5.32 Å². The number of hydrazone groups is 1. The average Bonchev–Trinajstić information content (AvgIpc) is 2.34. The minimum Gasteiger partial charge on any atom is -0.304 e. The summed E-state index contributed by atoms with van der Waals surface area (Å²) in [4.78, 5) is 21.3. The smallest absolute Gasteiger partial charge is 0.240 e. The second-order valence-electron chi connectivity index (χ2n) is 2.17. The zero-order valence-electron chi connectivity index (χ0n) is 6.70. The number of carbonyl (C=O) groups is 2. The van der Waals surface area contributed by atoms with E-state index in [2.05, 4.69) is 10.4 Å². The van der Waals surface area contributed by atoms with E-state index in [0.717, 1.165) is 0 Å². The van der Waals surface area contributed by atoms with Gasteiger partial charge in [0.25, 0.3) is 0 Å². The molecule has 1 aliphatic heterocycles. The van der Waals surface area contributed by atoms with Crippen molar-refractivity contribution < 1.29 is 9.59 Å². The molecule has 1 heterocycles. The lowest BCUT2D eigenvalue weighted by atomic mass is 10.7. The van der Waals surface area contributed by atoms with Crippen LogP contribution in [-0.4, -0.2) is 22.0 Å². The Hall–Kier alpha value is -1.04. The van der Waals surface area contributed by atoms with Gasteiger partial charge in [0.15, 0.2) is 5.17 Å². The molecular formula is C6H8N3O2S. The molecule has 65 valence electrons. The number of hydrogen-bond donors (Lipinski definition) is 1. The monoisotopic (exact) mass is 186 g/mol. The van der Waals surface area contributed by atoms with E-state index >= 15 is 0 Å². The fourth-order valence-corrected chi connectivity index (χ4v) is 1.33. The van der Waals surface area contributed by atoms with Crippen LogP contribution < -0.4 is 5.32 Å². The Morgan fingerprint density at radius 1 is 1.58 bits per heavy atom. The highest BCUT2D eigenvalue weighted by Crippen LogP contribution is 2.19. The number of nitrogens with zero attached hydrogens (tertiary/aromatic N) is 2. The predicted octanol–water partition coefficient (Wildman–Crippen LogP) is 0.108. The van der Waals surface area contributed by atoms with E-state index in [1.165, 1.54) is 36.5 Å². The molecule has 0 aliphatic carbocycles. The summed E-state index contributed by atoms with van der Waals surface area (Å²) < 4.78 is 0. The molecule has 0 aromatic carbocycles. The number of amides is 2. The van der Waals surface area contributed by atoms with Crippen LogP contribution >= 0.6 is 11.8 Å². The van der Waals surface area contributed by atoms with E-state index in [0.29, 0.717) is 5.17 Å². The molecule has 1 rings (SSSR count). The lowest BCUT2D eigenvalue weighted by Crippen LogP contribution is -2.24. The van der Waals surface area contributed by atoms with Gasteiger partial charge in [-0.05, 0) is 0 Å². The quantitative estimate of drug-likeness (QED) is 0.584. The third kappa shape index (κ3) is 2.23. The molecule has 1 aliphatic rings. The molecule has 0 aromatic heterocycles. The first-order valence-electron chi connectivity index (χ1n) is 3.25. The van der Waals surface area contributed by atoms with Crippen LogP contribution in [0.2, 0.25) is 0 Å². The van der Waals surface area contributed by atoms with Gasteiger partial charge in [0.2, 0.25) is 11.8 Å². The summed E-state index contributed by atoms with van der Waals surface area (Å²) in [5.41, 5.74) is 0. The lowest BCUT2D eigenvalue weighted by molar-refractivity contribution is -0.126. The van der Waals surface area contributed by atoms with Gasteiger partial charge in [0.05, 0.1) is 0 Å². The molecule has 6 heteroatoms.